The zero-order valence-electron chi connectivity index (χ0n) is 14.2. The number of anilines is 1. The molecule has 0 spiro atoms. The van der Waals surface area contributed by atoms with E-state index in [2.05, 4.69) is 36.1 Å². The summed E-state index contributed by atoms with van der Waals surface area (Å²) in [4.78, 5) is 23.1. The van der Waals surface area contributed by atoms with Crippen LogP contribution >= 0.6 is 15.9 Å². The van der Waals surface area contributed by atoms with E-state index in [-0.39, 0.29) is 12.5 Å². The summed E-state index contributed by atoms with van der Waals surface area (Å²) in [7, 11) is 0. The zero-order valence-corrected chi connectivity index (χ0v) is 15.8. The molecule has 132 valence electrons. The standard InChI is InChI=1S/C18H21BrN4O2/c1-13-10-17(22-18(21-13)23-8-4-5-9-23)25-12-16(24)20-11-14-6-2-3-7-15(14)19/h2-3,6-7,10H,4-5,8-9,11-12H2,1H3,(H,20,24). The number of nitrogens with one attached hydrogen (secondary N) is 1. The van der Waals surface area contributed by atoms with E-state index in [1.165, 1.54) is 0 Å². The van der Waals surface area contributed by atoms with Gasteiger partial charge in [-0.3, -0.25) is 4.79 Å². The van der Waals surface area contributed by atoms with Gasteiger partial charge in [-0.05, 0) is 31.4 Å². The Balaban J connectivity index is 1.54. The number of benzene rings is 1. The van der Waals surface area contributed by atoms with E-state index in [1.54, 1.807) is 6.07 Å². The summed E-state index contributed by atoms with van der Waals surface area (Å²) >= 11 is 3.47. The molecule has 0 saturated carbocycles. The number of amides is 1. The van der Waals surface area contributed by atoms with Crippen molar-refractivity contribution in [3.8, 4) is 5.88 Å². The van der Waals surface area contributed by atoms with Crippen LogP contribution in [0.3, 0.4) is 0 Å². The van der Waals surface area contributed by atoms with Gasteiger partial charge in [0.15, 0.2) is 6.61 Å². The van der Waals surface area contributed by atoms with Gasteiger partial charge in [-0.2, -0.15) is 4.98 Å². The molecule has 1 aliphatic rings. The number of aromatic nitrogens is 2. The molecule has 7 heteroatoms. The van der Waals surface area contributed by atoms with Crippen LogP contribution in [0, 0.1) is 6.92 Å². The Morgan fingerprint density at radius 2 is 2.04 bits per heavy atom. The number of hydrogen-bond donors (Lipinski definition) is 1. The number of ether oxygens (including phenoxy) is 1. The molecule has 1 fully saturated rings. The fraction of sp³-hybridized carbons (Fsp3) is 0.389. The van der Waals surface area contributed by atoms with Gasteiger partial charge in [0, 0.05) is 35.9 Å². The van der Waals surface area contributed by atoms with Crippen molar-refractivity contribution < 1.29 is 9.53 Å². The second-order valence-corrected chi connectivity index (χ2v) is 6.85. The van der Waals surface area contributed by atoms with Crippen LogP contribution in [0.4, 0.5) is 5.95 Å². The van der Waals surface area contributed by atoms with E-state index in [0.29, 0.717) is 18.4 Å². The summed E-state index contributed by atoms with van der Waals surface area (Å²) in [5, 5.41) is 2.85. The van der Waals surface area contributed by atoms with Crippen LogP contribution in [0.25, 0.3) is 0 Å². The number of hydrogen-bond acceptors (Lipinski definition) is 5. The SMILES string of the molecule is Cc1cc(OCC(=O)NCc2ccccc2Br)nc(N2CCCC2)n1. The molecule has 6 nitrogen and oxygen atoms in total. The van der Waals surface area contributed by atoms with E-state index in [0.717, 1.165) is 41.7 Å². The first kappa shape index (κ1) is 17.7. The highest BCUT2D eigenvalue weighted by atomic mass is 79.9. The molecule has 0 unspecified atom stereocenters. The maximum Gasteiger partial charge on any atom is 0.258 e. The van der Waals surface area contributed by atoms with E-state index < -0.39 is 0 Å². The van der Waals surface area contributed by atoms with Gasteiger partial charge in [0.25, 0.3) is 5.91 Å². The van der Waals surface area contributed by atoms with Crippen molar-refractivity contribution in [3.05, 3.63) is 46.1 Å². The van der Waals surface area contributed by atoms with Gasteiger partial charge in [-0.1, -0.05) is 34.1 Å². The lowest BCUT2D eigenvalue weighted by Gasteiger charge is -2.16. The Kier molecular flexibility index (Phi) is 5.86. The summed E-state index contributed by atoms with van der Waals surface area (Å²) in [5.41, 5.74) is 1.85. The Labute approximate surface area is 155 Å². The molecule has 1 amide bonds. The minimum absolute atomic E-state index is 0.0691. The molecule has 25 heavy (non-hydrogen) atoms. The first-order chi connectivity index (χ1) is 12.1. The fourth-order valence-electron chi connectivity index (χ4n) is 2.68. The predicted octanol–water partition coefficient (Wildman–Crippen LogP) is 2.84. The number of halogens is 1. The molecule has 0 radical (unpaired) electrons. The highest BCUT2D eigenvalue weighted by molar-refractivity contribution is 9.10. The van der Waals surface area contributed by atoms with Gasteiger partial charge in [0.1, 0.15) is 0 Å². The molecule has 0 bridgehead atoms. The van der Waals surface area contributed by atoms with Crippen LogP contribution in [-0.4, -0.2) is 35.6 Å². The summed E-state index contributed by atoms with van der Waals surface area (Å²) < 4.78 is 6.54. The molecule has 0 aliphatic carbocycles. The summed E-state index contributed by atoms with van der Waals surface area (Å²) in [5.74, 6) is 0.932. The third kappa shape index (κ3) is 4.92. The Hall–Kier alpha value is -2.15. The maximum absolute atomic E-state index is 12.0. The van der Waals surface area contributed by atoms with Crippen molar-refractivity contribution in [1.82, 2.24) is 15.3 Å². The zero-order chi connectivity index (χ0) is 17.6. The Morgan fingerprint density at radius 1 is 1.28 bits per heavy atom. The molecule has 1 saturated heterocycles. The molecule has 2 heterocycles. The second-order valence-electron chi connectivity index (χ2n) is 6.00. The number of nitrogens with zero attached hydrogens (tertiary/aromatic N) is 3. The normalized spacial score (nSPS) is 13.8. The maximum atomic E-state index is 12.0. The quantitative estimate of drug-likeness (QED) is 0.801. The number of rotatable bonds is 6. The molecule has 1 N–H and O–H groups in total. The molecule has 0 atom stereocenters. The van der Waals surface area contributed by atoms with E-state index >= 15 is 0 Å². The highest BCUT2D eigenvalue weighted by Crippen LogP contribution is 2.19. The summed E-state index contributed by atoms with van der Waals surface area (Å²) in [6.45, 7) is 4.22. The van der Waals surface area contributed by atoms with Crippen molar-refractivity contribution in [2.45, 2.75) is 26.3 Å². The van der Waals surface area contributed by atoms with Crippen LogP contribution in [0.5, 0.6) is 5.88 Å². The van der Waals surface area contributed by atoms with Crippen molar-refractivity contribution in [2.75, 3.05) is 24.6 Å². The molecule has 1 aliphatic heterocycles. The topological polar surface area (TPSA) is 67.3 Å². The minimum Gasteiger partial charge on any atom is -0.467 e. The third-order valence-electron chi connectivity index (χ3n) is 3.99. The molecule has 1 aromatic carbocycles. The van der Waals surface area contributed by atoms with Crippen LogP contribution in [-0.2, 0) is 11.3 Å². The smallest absolute Gasteiger partial charge is 0.258 e. The van der Waals surface area contributed by atoms with Gasteiger partial charge >= 0.3 is 0 Å². The number of carbonyl (C=O) groups excluding carboxylic acids is 1. The molecular weight excluding hydrogens is 384 g/mol. The second kappa shape index (κ2) is 8.29. The predicted molar refractivity (Wildman–Crippen MR) is 99.7 cm³/mol. The van der Waals surface area contributed by atoms with Crippen molar-refractivity contribution in [1.29, 1.82) is 0 Å². The van der Waals surface area contributed by atoms with Gasteiger partial charge in [0.2, 0.25) is 11.8 Å². The average Bonchev–Trinajstić information content (AvgIpc) is 3.13. The molecular formula is C18H21BrN4O2. The van der Waals surface area contributed by atoms with E-state index in [9.17, 15) is 4.79 Å². The first-order valence-electron chi connectivity index (χ1n) is 8.35. The summed E-state index contributed by atoms with van der Waals surface area (Å²) in [6.07, 6.45) is 2.32. The Bertz CT molecular complexity index is 748. The molecule has 2 aromatic rings. The van der Waals surface area contributed by atoms with Gasteiger partial charge in [0.05, 0.1) is 0 Å². The van der Waals surface area contributed by atoms with Crippen LogP contribution in [0.15, 0.2) is 34.8 Å². The minimum atomic E-state index is -0.185. The fourth-order valence-corrected chi connectivity index (χ4v) is 3.11. The molecule has 3 rings (SSSR count). The van der Waals surface area contributed by atoms with Crippen LogP contribution < -0.4 is 15.0 Å². The van der Waals surface area contributed by atoms with Crippen LogP contribution in [0.1, 0.15) is 24.1 Å². The number of aryl methyl sites for hydroxylation is 1. The Morgan fingerprint density at radius 3 is 2.80 bits per heavy atom. The highest BCUT2D eigenvalue weighted by Gasteiger charge is 2.16. The summed E-state index contributed by atoms with van der Waals surface area (Å²) in [6, 6.07) is 9.53. The van der Waals surface area contributed by atoms with Crippen molar-refractivity contribution in [3.63, 3.8) is 0 Å². The average molecular weight is 405 g/mol. The van der Waals surface area contributed by atoms with E-state index in [1.807, 2.05) is 31.2 Å². The van der Waals surface area contributed by atoms with Crippen LogP contribution in [0.2, 0.25) is 0 Å². The third-order valence-corrected chi connectivity index (χ3v) is 4.77. The van der Waals surface area contributed by atoms with E-state index in [4.69, 9.17) is 4.74 Å². The lowest BCUT2D eigenvalue weighted by atomic mass is 10.2. The van der Waals surface area contributed by atoms with Gasteiger partial charge in [-0.15, -0.1) is 0 Å². The monoisotopic (exact) mass is 404 g/mol. The lowest BCUT2D eigenvalue weighted by Crippen LogP contribution is -2.29. The molecule has 1 aromatic heterocycles. The number of carbonyl (C=O) groups is 1. The van der Waals surface area contributed by atoms with Crippen molar-refractivity contribution >= 4 is 27.8 Å². The van der Waals surface area contributed by atoms with Gasteiger partial charge < -0.3 is 15.0 Å². The lowest BCUT2D eigenvalue weighted by molar-refractivity contribution is -0.123. The van der Waals surface area contributed by atoms with Gasteiger partial charge in [-0.25, -0.2) is 4.98 Å². The largest absolute Gasteiger partial charge is 0.467 e. The first-order valence-corrected chi connectivity index (χ1v) is 9.14. The van der Waals surface area contributed by atoms with Crippen molar-refractivity contribution in [2.24, 2.45) is 0 Å².